The molecule has 1 aromatic heterocycles. The summed E-state index contributed by atoms with van der Waals surface area (Å²) < 4.78 is 3.78. The summed E-state index contributed by atoms with van der Waals surface area (Å²) in [7, 11) is 0. The normalized spacial score (nSPS) is 11.9. The number of hydrogen-bond acceptors (Lipinski definition) is 5. The van der Waals surface area contributed by atoms with Gasteiger partial charge in [-0.05, 0) is 31.3 Å². The lowest BCUT2D eigenvalue weighted by Gasteiger charge is -2.17. The Morgan fingerprint density at radius 2 is 2.19 bits per heavy atom. The van der Waals surface area contributed by atoms with Crippen LogP contribution in [0, 0.1) is 0 Å². The molecular formula is C10H17N3O2S. The number of carbonyl (C=O) groups excluding carboxylic acids is 1. The zero-order valence-corrected chi connectivity index (χ0v) is 10.8. The Labute approximate surface area is 99.0 Å². The van der Waals surface area contributed by atoms with E-state index in [-0.39, 0.29) is 18.4 Å². The molecule has 0 bridgehead atoms. The van der Waals surface area contributed by atoms with Gasteiger partial charge < -0.3 is 10.4 Å². The van der Waals surface area contributed by atoms with Crippen LogP contribution in [0.3, 0.4) is 0 Å². The number of nitrogens with zero attached hydrogens (tertiary/aromatic N) is 2. The van der Waals surface area contributed by atoms with Gasteiger partial charge in [0, 0.05) is 6.54 Å². The number of carbonyl (C=O) groups is 1. The van der Waals surface area contributed by atoms with Gasteiger partial charge in [0.15, 0.2) is 0 Å². The lowest BCUT2D eigenvalue weighted by atomic mass is 10.1. The van der Waals surface area contributed by atoms with Crippen molar-refractivity contribution in [1.29, 1.82) is 0 Å². The van der Waals surface area contributed by atoms with Gasteiger partial charge in [-0.2, -0.15) is 0 Å². The number of hydrogen-bond donors (Lipinski definition) is 2. The molecule has 1 heterocycles. The van der Waals surface area contributed by atoms with Gasteiger partial charge in [0.05, 0.1) is 11.3 Å². The minimum absolute atomic E-state index is 0.168. The van der Waals surface area contributed by atoms with Crippen molar-refractivity contribution in [1.82, 2.24) is 14.9 Å². The van der Waals surface area contributed by atoms with Crippen LogP contribution in [0.25, 0.3) is 0 Å². The summed E-state index contributed by atoms with van der Waals surface area (Å²) in [4.78, 5) is 12.3. The first-order chi connectivity index (χ1) is 7.31. The molecular weight excluding hydrogens is 226 g/mol. The van der Waals surface area contributed by atoms with Crippen molar-refractivity contribution in [3.05, 3.63) is 10.6 Å². The Morgan fingerprint density at radius 1 is 1.56 bits per heavy atom. The molecule has 0 aliphatic rings. The molecule has 0 spiro atoms. The van der Waals surface area contributed by atoms with E-state index in [4.69, 9.17) is 0 Å². The zero-order valence-electron chi connectivity index (χ0n) is 9.94. The number of nitrogens with one attached hydrogen (secondary N) is 1. The van der Waals surface area contributed by atoms with E-state index >= 15 is 0 Å². The van der Waals surface area contributed by atoms with Crippen LogP contribution in [-0.2, 0) is 0 Å². The fourth-order valence-electron chi connectivity index (χ4n) is 1.11. The predicted octanol–water partition coefficient (Wildman–Crippen LogP) is 1.16. The first-order valence-corrected chi connectivity index (χ1v) is 5.91. The van der Waals surface area contributed by atoms with E-state index < -0.39 is 5.60 Å². The van der Waals surface area contributed by atoms with E-state index in [1.165, 1.54) is 0 Å². The molecule has 0 radical (unpaired) electrons. The molecule has 0 aliphatic heterocycles. The second-order valence-electron chi connectivity index (χ2n) is 4.64. The Morgan fingerprint density at radius 3 is 2.69 bits per heavy atom. The number of amides is 1. The highest BCUT2D eigenvalue weighted by molar-refractivity contribution is 7.08. The Bertz CT molecular complexity index is 368. The second kappa shape index (κ2) is 4.88. The summed E-state index contributed by atoms with van der Waals surface area (Å²) in [6, 6.07) is 0. The van der Waals surface area contributed by atoms with Gasteiger partial charge in [-0.25, -0.2) is 0 Å². The first-order valence-electron chi connectivity index (χ1n) is 5.14. The van der Waals surface area contributed by atoms with Crippen LogP contribution in [0.4, 0.5) is 0 Å². The number of aliphatic hydroxyl groups is 1. The molecule has 0 unspecified atom stereocenters. The molecule has 6 heteroatoms. The highest BCUT2D eigenvalue weighted by atomic mass is 32.1. The largest absolute Gasteiger partial charge is 0.389 e. The molecule has 0 atom stereocenters. The van der Waals surface area contributed by atoms with E-state index in [0.29, 0.717) is 10.6 Å². The fourth-order valence-corrected chi connectivity index (χ4v) is 1.85. The third-order valence-electron chi connectivity index (χ3n) is 1.95. The monoisotopic (exact) mass is 243 g/mol. The lowest BCUT2D eigenvalue weighted by Crippen LogP contribution is -2.38. The van der Waals surface area contributed by atoms with E-state index in [0.717, 1.165) is 11.5 Å². The van der Waals surface area contributed by atoms with Gasteiger partial charge in [0.25, 0.3) is 5.91 Å². The number of aromatic nitrogens is 2. The van der Waals surface area contributed by atoms with Crippen LogP contribution in [-0.4, -0.2) is 32.7 Å². The molecule has 0 fully saturated rings. The summed E-state index contributed by atoms with van der Waals surface area (Å²) in [5.74, 6) is -0.0533. The van der Waals surface area contributed by atoms with Gasteiger partial charge in [0.2, 0.25) is 0 Å². The molecule has 0 aliphatic carbocycles. The van der Waals surface area contributed by atoms with Gasteiger partial charge in [-0.15, -0.1) is 5.10 Å². The molecule has 1 aromatic rings. The molecule has 0 saturated heterocycles. The average Bonchev–Trinajstić information content (AvgIpc) is 2.61. The zero-order chi connectivity index (χ0) is 12.3. The standard InChI is InChI=1S/C10H17N3O2S/c1-6(2)7-8(16-13-12-7)9(14)11-5-10(3,4)15/h6,15H,5H2,1-4H3,(H,11,14). The third kappa shape index (κ3) is 3.53. The SMILES string of the molecule is CC(C)c1nnsc1C(=O)NCC(C)(C)O. The molecule has 2 N–H and O–H groups in total. The van der Waals surface area contributed by atoms with Crippen LogP contribution >= 0.6 is 11.5 Å². The Kier molecular flexibility index (Phi) is 3.98. The molecule has 90 valence electrons. The summed E-state index contributed by atoms with van der Waals surface area (Å²) in [6.45, 7) is 7.41. The molecule has 1 rings (SSSR count). The summed E-state index contributed by atoms with van der Waals surface area (Å²) in [5, 5.41) is 16.1. The van der Waals surface area contributed by atoms with Crippen LogP contribution in [0.2, 0.25) is 0 Å². The predicted molar refractivity (Wildman–Crippen MR) is 62.6 cm³/mol. The van der Waals surface area contributed by atoms with E-state index in [9.17, 15) is 9.90 Å². The lowest BCUT2D eigenvalue weighted by molar-refractivity contribution is 0.0695. The van der Waals surface area contributed by atoms with Crippen LogP contribution < -0.4 is 5.32 Å². The Hall–Kier alpha value is -1.01. The minimum atomic E-state index is -0.911. The van der Waals surface area contributed by atoms with Crippen molar-refractivity contribution in [2.75, 3.05) is 6.54 Å². The summed E-state index contributed by atoms with van der Waals surface area (Å²) >= 11 is 1.08. The maximum atomic E-state index is 11.8. The number of rotatable bonds is 4. The van der Waals surface area contributed by atoms with Crippen LogP contribution in [0.5, 0.6) is 0 Å². The van der Waals surface area contributed by atoms with Crippen molar-refractivity contribution in [2.24, 2.45) is 0 Å². The molecule has 0 aromatic carbocycles. The maximum Gasteiger partial charge on any atom is 0.265 e. The van der Waals surface area contributed by atoms with Gasteiger partial charge >= 0.3 is 0 Å². The Balaban J connectivity index is 2.70. The summed E-state index contributed by atoms with van der Waals surface area (Å²) in [6.07, 6.45) is 0. The maximum absolute atomic E-state index is 11.8. The van der Waals surface area contributed by atoms with E-state index in [1.54, 1.807) is 13.8 Å². The third-order valence-corrected chi connectivity index (χ3v) is 2.69. The summed E-state index contributed by atoms with van der Waals surface area (Å²) in [5.41, 5.74) is -0.204. The van der Waals surface area contributed by atoms with E-state index in [1.807, 2.05) is 13.8 Å². The first kappa shape index (κ1) is 13.1. The van der Waals surface area contributed by atoms with Gasteiger partial charge in [0.1, 0.15) is 4.88 Å². The van der Waals surface area contributed by atoms with Gasteiger partial charge in [-0.3, -0.25) is 4.79 Å². The van der Waals surface area contributed by atoms with E-state index in [2.05, 4.69) is 14.9 Å². The molecule has 1 amide bonds. The van der Waals surface area contributed by atoms with Crippen molar-refractivity contribution in [2.45, 2.75) is 39.2 Å². The van der Waals surface area contributed by atoms with Crippen molar-refractivity contribution in [3.8, 4) is 0 Å². The smallest absolute Gasteiger partial charge is 0.265 e. The van der Waals surface area contributed by atoms with Crippen molar-refractivity contribution >= 4 is 17.4 Å². The molecule has 16 heavy (non-hydrogen) atoms. The highest BCUT2D eigenvalue weighted by Gasteiger charge is 2.20. The topological polar surface area (TPSA) is 75.1 Å². The van der Waals surface area contributed by atoms with Gasteiger partial charge in [-0.1, -0.05) is 18.3 Å². The van der Waals surface area contributed by atoms with Crippen LogP contribution in [0.15, 0.2) is 0 Å². The fraction of sp³-hybridized carbons (Fsp3) is 0.700. The van der Waals surface area contributed by atoms with Crippen molar-refractivity contribution < 1.29 is 9.90 Å². The van der Waals surface area contributed by atoms with Crippen molar-refractivity contribution in [3.63, 3.8) is 0 Å². The average molecular weight is 243 g/mol. The quantitative estimate of drug-likeness (QED) is 0.832. The van der Waals surface area contributed by atoms with Crippen LogP contribution in [0.1, 0.15) is 49.0 Å². The molecule has 5 nitrogen and oxygen atoms in total. The highest BCUT2D eigenvalue weighted by Crippen LogP contribution is 2.19. The minimum Gasteiger partial charge on any atom is -0.389 e. The second-order valence-corrected chi connectivity index (χ2v) is 5.39. The molecule has 0 saturated carbocycles.